The molecule has 1 aromatic carbocycles. The summed E-state index contributed by atoms with van der Waals surface area (Å²) in [4.78, 5) is 11.3. The van der Waals surface area contributed by atoms with Crippen molar-refractivity contribution in [3.8, 4) is 11.5 Å². The van der Waals surface area contributed by atoms with E-state index in [1.165, 1.54) is 6.21 Å². The lowest BCUT2D eigenvalue weighted by atomic mass is 10.2. The van der Waals surface area contributed by atoms with Crippen molar-refractivity contribution in [3.05, 3.63) is 23.8 Å². The molecule has 0 fully saturated rings. The highest BCUT2D eigenvalue weighted by Gasteiger charge is 2.09. The van der Waals surface area contributed by atoms with Crippen LogP contribution in [0.15, 0.2) is 23.3 Å². The van der Waals surface area contributed by atoms with Crippen molar-refractivity contribution >= 4 is 29.5 Å². The molecule has 0 unspecified atom stereocenters. The van der Waals surface area contributed by atoms with Gasteiger partial charge < -0.3 is 15.2 Å². The molecule has 3 N–H and O–H groups in total. The zero-order valence-corrected chi connectivity index (χ0v) is 12.2. The standard InChI is InChI=1S/C13H17N3O3S/c1-3-12(17)19-10-6-5-9(7-11(10)18-4-2)8-15-16-13(14)20/h5-8H,3-4H2,1-2H3,(H3,14,16,20). The summed E-state index contributed by atoms with van der Waals surface area (Å²) in [5.41, 5.74) is 8.46. The minimum atomic E-state index is -0.317. The highest BCUT2D eigenvalue weighted by atomic mass is 32.1. The molecular formula is C13H17N3O3S. The Balaban J connectivity index is 2.91. The second-order valence-corrected chi connectivity index (χ2v) is 4.14. The molecule has 0 saturated heterocycles. The van der Waals surface area contributed by atoms with Gasteiger partial charge in [0, 0.05) is 6.42 Å². The Morgan fingerprint density at radius 2 is 2.20 bits per heavy atom. The third kappa shape index (κ3) is 5.23. The summed E-state index contributed by atoms with van der Waals surface area (Å²) in [5, 5.41) is 3.93. The third-order valence-corrected chi connectivity index (χ3v) is 2.26. The molecule has 1 aromatic rings. The number of nitrogens with zero attached hydrogens (tertiary/aromatic N) is 1. The monoisotopic (exact) mass is 295 g/mol. The number of benzene rings is 1. The van der Waals surface area contributed by atoms with E-state index in [4.69, 9.17) is 15.2 Å². The molecule has 7 heteroatoms. The Bertz CT molecular complexity index is 518. The molecule has 0 spiro atoms. The third-order valence-electron chi connectivity index (χ3n) is 2.17. The van der Waals surface area contributed by atoms with Crippen LogP contribution in [0.4, 0.5) is 0 Å². The molecule has 0 atom stereocenters. The van der Waals surface area contributed by atoms with Gasteiger partial charge in [-0.25, -0.2) is 0 Å². The van der Waals surface area contributed by atoms with Crippen molar-refractivity contribution < 1.29 is 14.3 Å². The van der Waals surface area contributed by atoms with Crippen LogP contribution in [0.2, 0.25) is 0 Å². The van der Waals surface area contributed by atoms with Gasteiger partial charge in [0.1, 0.15) is 0 Å². The minimum Gasteiger partial charge on any atom is -0.490 e. The Morgan fingerprint density at radius 3 is 2.80 bits per heavy atom. The van der Waals surface area contributed by atoms with Crippen LogP contribution in [0.25, 0.3) is 0 Å². The van der Waals surface area contributed by atoms with E-state index in [1.54, 1.807) is 25.1 Å². The van der Waals surface area contributed by atoms with Gasteiger partial charge in [-0.2, -0.15) is 5.10 Å². The van der Waals surface area contributed by atoms with Crippen LogP contribution in [-0.4, -0.2) is 23.9 Å². The largest absolute Gasteiger partial charge is 0.490 e. The average molecular weight is 295 g/mol. The molecule has 6 nitrogen and oxygen atoms in total. The summed E-state index contributed by atoms with van der Waals surface area (Å²) in [6.07, 6.45) is 1.83. The Morgan fingerprint density at radius 1 is 1.45 bits per heavy atom. The van der Waals surface area contributed by atoms with Crippen molar-refractivity contribution in [2.24, 2.45) is 10.8 Å². The summed E-state index contributed by atoms with van der Waals surface area (Å²) < 4.78 is 10.6. The number of hydrazone groups is 1. The second-order valence-electron chi connectivity index (χ2n) is 3.70. The van der Waals surface area contributed by atoms with Gasteiger partial charge in [0.2, 0.25) is 0 Å². The van der Waals surface area contributed by atoms with Crippen LogP contribution >= 0.6 is 12.2 Å². The van der Waals surface area contributed by atoms with Gasteiger partial charge >= 0.3 is 5.97 Å². The zero-order valence-electron chi connectivity index (χ0n) is 11.4. The zero-order chi connectivity index (χ0) is 15.0. The lowest BCUT2D eigenvalue weighted by Crippen LogP contribution is -2.23. The summed E-state index contributed by atoms with van der Waals surface area (Å²) in [7, 11) is 0. The van der Waals surface area contributed by atoms with Crippen LogP contribution in [-0.2, 0) is 4.79 Å². The van der Waals surface area contributed by atoms with Crippen LogP contribution < -0.4 is 20.6 Å². The predicted octanol–water partition coefficient (Wildman–Crippen LogP) is 1.57. The first kappa shape index (κ1) is 15.9. The van der Waals surface area contributed by atoms with Gasteiger partial charge in [0.25, 0.3) is 0 Å². The van der Waals surface area contributed by atoms with Crippen molar-refractivity contribution in [1.29, 1.82) is 0 Å². The fraction of sp³-hybridized carbons (Fsp3) is 0.308. The van der Waals surface area contributed by atoms with E-state index < -0.39 is 0 Å². The molecule has 0 aromatic heterocycles. The van der Waals surface area contributed by atoms with E-state index in [1.807, 2.05) is 6.92 Å². The van der Waals surface area contributed by atoms with Crippen LogP contribution in [0.1, 0.15) is 25.8 Å². The maximum atomic E-state index is 11.3. The van der Waals surface area contributed by atoms with Crippen molar-refractivity contribution in [1.82, 2.24) is 5.43 Å². The number of nitrogens with one attached hydrogen (secondary N) is 1. The molecule has 108 valence electrons. The van der Waals surface area contributed by atoms with Crippen LogP contribution in [0.5, 0.6) is 11.5 Å². The van der Waals surface area contributed by atoms with Crippen molar-refractivity contribution in [2.45, 2.75) is 20.3 Å². The quantitative estimate of drug-likeness (QED) is 0.272. The number of carbonyl (C=O) groups excluding carboxylic acids is 1. The van der Waals surface area contributed by atoms with E-state index in [0.717, 1.165) is 5.56 Å². The Labute approximate surface area is 122 Å². The number of hydrogen-bond donors (Lipinski definition) is 2. The van der Waals surface area contributed by atoms with E-state index in [2.05, 4.69) is 22.7 Å². The first-order valence-corrected chi connectivity index (χ1v) is 6.53. The Hall–Kier alpha value is -2.15. The second kappa shape index (κ2) is 8.11. The van der Waals surface area contributed by atoms with Crippen molar-refractivity contribution in [3.63, 3.8) is 0 Å². The minimum absolute atomic E-state index is 0.0831. The number of ether oxygens (including phenoxy) is 2. The predicted molar refractivity (Wildman–Crippen MR) is 81.1 cm³/mol. The topological polar surface area (TPSA) is 85.9 Å². The van der Waals surface area contributed by atoms with Gasteiger partial charge in [-0.3, -0.25) is 10.2 Å². The molecule has 0 bridgehead atoms. The molecule has 20 heavy (non-hydrogen) atoms. The first-order chi connectivity index (χ1) is 9.56. The molecule has 1 rings (SSSR count). The number of rotatable bonds is 6. The molecular weight excluding hydrogens is 278 g/mol. The molecule has 0 aliphatic rings. The maximum Gasteiger partial charge on any atom is 0.311 e. The first-order valence-electron chi connectivity index (χ1n) is 6.12. The van der Waals surface area contributed by atoms with Crippen LogP contribution in [0, 0.1) is 0 Å². The summed E-state index contributed by atoms with van der Waals surface area (Å²) in [6, 6.07) is 5.11. The van der Waals surface area contributed by atoms with Gasteiger partial charge in [0.15, 0.2) is 16.6 Å². The number of hydrogen-bond acceptors (Lipinski definition) is 5. The summed E-state index contributed by atoms with van der Waals surface area (Å²) in [5.74, 6) is 0.550. The van der Waals surface area contributed by atoms with Gasteiger partial charge in [-0.1, -0.05) is 6.92 Å². The fourth-order valence-corrected chi connectivity index (χ4v) is 1.38. The molecule has 0 amide bonds. The van der Waals surface area contributed by atoms with Gasteiger partial charge in [-0.05, 0) is 42.9 Å². The van der Waals surface area contributed by atoms with E-state index in [0.29, 0.717) is 24.5 Å². The van der Waals surface area contributed by atoms with E-state index >= 15 is 0 Å². The van der Waals surface area contributed by atoms with Crippen molar-refractivity contribution in [2.75, 3.05) is 6.61 Å². The fourth-order valence-electron chi connectivity index (χ4n) is 1.32. The molecule has 0 saturated carbocycles. The molecule has 0 heterocycles. The number of thiocarbonyl (C=S) groups is 1. The van der Waals surface area contributed by atoms with Crippen LogP contribution in [0.3, 0.4) is 0 Å². The number of esters is 1. The van der Waals surface area contributed by atoms with Gasteiger partial charge in [-0.15, -0.1) is 0 Å². The lowest BCUT2D eigenvalue weighted by molar-refractivity contribution is -0.134. The normalized spacial score (nSPS) is 10.3. The average Bonchev–Trinajstić information content (AvgIpc) is 2.41. The number of carbonyl (C=O) groups is 1. The summed E-state index contributed by atoms with van der Waals surface area (Å²) in [6.45, 7) is 4.04. The number of nitrogens with two attached hydrogens (primary N) is 1. The highest BCUT2D eigenvalue weighted by molar-refractivity contribution is 7.80. The lowest BCUT2D eigenvalue weighted by Gasteiger charge is -2.10. The summed E-state index contributed by atoms with van der Waals surface area (Å²) >= 11 is 4.63. The van der Waals surface area contributed by atoms with E-state index in [9.17, 15) is 4.79 Å². The molecule has 0 aliphatic heterocycles. The molecule has 0 aliphatic carbocycles. The SMILES string of the molecule is CCOc1cc(C=NNC(N)=S)ccc1OC(=O)CC. The van der Waals surface area contributed by atoms with Gasteiger partial charge in [0.05, 0.1) is 12.8 Å². The highest BCUT2D eigenvalue weighted by Crippen LogP contribution is 2.28. The maximum absolute atomic E-state index is 11.3. The smallest absolute Gasteiger partial charge is 0.311 e. The Kier molecular flexibility index (Phi) is 6.45. The van der Waals surface area contributed by atoms with E-state index in [-0.39, 0.29) is 11.1 Å². The molecule has 0 radical (unpaired) electrons.